The van der Waals surface area contributed by atoms with Gasteiger partial charge in [0, 0.05) is 7.05 Å². The molecule has 0 bridgehead atoms. The molecule has 14 heteroatoms. The molecule has 0 atom stereocenters. The van der Waals surface area contributed by atoms with E-state index in [0.29, 0.717) is 0 Å². The normalized spacial score (nSPS) is 12.9. The van der Waals surface area contributed by atoms with Gasteiger partial charge in [-0.1, -0.05) is 12.1 Å². The number of alkyl halides is 3. The number of hydrogen-bond acceptors (Lipinski definition) is 7. The minimum absolute atomic E-state index is 0.0869. The Balaban J connectivity index is 2.52. The smallest absolute Gasteiger partial charge is 0.573 e. The predicted molar refractivity (Wildman–Crippen MR) is 77.2 cm³/mol. The number of rotatable bonds is 4. The lowest BCUT2D eigenvalue weighted by atomic mass is 10.3. The fraction of sp³-hybridized carbons (Fsp3) is 0.250. The van der Waals surface area contributed by atoms with Gasteiger partial charge in [-0.15, -0.1) is 18.3 Å². The second-order valence-electron chi connectivity index (χ2n) is 4.58. The van der Waals surface area contributed by atoms with Crippen molar-refractivity contribution >= 4 is 16.0 Å². The summed E-state index contributed by atoms with van der Waals surface area (Å²) < 4.78 is 73.5. The molecular formula is C12H10F3N4O6S-. The summed E-state index contributed by atoms with van der Waals surface area (Å²) >= 11 is 0. The van der Waals surface area contributed by atoms with Crippen LogP contribution in [0.1, 0.15) is 0 Å². The lowest BCUT2D eigenvalue weighted by Gasteiger charge is -2.13. The molecule has 0 aliphatic carbocycles. The molecule has 26 heavy (non-hydrogen) atoms. The molecule has 0 saturated carbocycles. The molecule has 2 aromatic rings. The third-order valence-corrected chi connectivity index (χ3v) is 4.15. The molecule has 0 aliphatic heterocycles. The first kappa shape index (κ1) is 19.3. The fourth-order valence-electron chi connectivity index (χ4n) is 1.78. The van der Waals surface area contributed by atoms with Crippen molar-refractivity contribution in [3.05, 3.63) is 34.7 Å². The van der Waals surface area contributed by atoms with E-state index in [1.54, 1.807) is 0 Å². The van der Waals surface area contributed by atoms with Gasteiger partial charge in [-0.25, -0.2) is 9.36 Å². The molecule has 0 saturated heterocycles. The van der Waals surface area contributed by atoms with Gasteiger partial charge in [0.2, 0.25) is 0 Å². The topological polar surface area (TPSA) is 128 Å². The highest BCUT2D eigenvalue weighted by Gasteiger charge is 2.34. The zero-order valence-corrected chi connectivity index (χ0v) is 13.9. The highest BCUT2D eigenvalue weighted by Crippen LogP contribution is 2.30. The first-order valence-electron chi connectivity index (χ1n) is 6.53. The standard InChI is InChI=1S/C12H11F3N4O6S/c1-18-10(24-2)16-19(11(18)21)9(20)17-26(22,23)8-6-4-3-5-7(8)25-12(13,14)15/h3-6H,1-2H3,(H,17,20)/p-1. The van der Waals surface area contributed by atoms with E-state index in [1.807, 2.05) is 0 Å². The molecule has 0 N–H and O–H groups in total. The van der Waals surface area contributed by atoms with Gasteiger partial charge < -0.3 is 14.6 Å². The Morgan fingerprint density at radius 1 is 1.31 bits per heavy atom. The van der Waals surface area contributed by atoms with Gasteiger partial charge in [0.15, 0.2) is 0 Å². The highest BCUT2D eigenvalue weighted by molar-refractivity contribution is 7.90. The Morgan fingerprint density at radius 2 is 1.92 bits per heavy atom. The van der Waals surface area contributed by atoms with Gasteiger partial charge in [0.05, 0.1) is 7.11 Å². The van der Waals surface area contributed by atoms with Gasteiger partial charge in [0.1, 0.15) is 16.7 Å². The first-order chi connectivity index (χ1) is 12.0. The van der Waals surface area contributed by atoms with E-state index in [9.17, 15) is 31.5 Å². The molecule has 1 aromatic heterocycles. The molecule has 1 heterocycles. The van der Waals surface area contributed by atoms with E-state index < -0.39 is 38.7 Å². The van der Waals surface area contributed by atoms with E-state index in [-0.39, 0.29) is 10.7 Å². The van der Waals surface area contributed by atoms with E-state index >= 15 is 0 Å². The zero-order valence-electron chi connectivity index (χ0n) is 13.1. The average molecular weight is 395 g/mol. The van der Waals surface area contributed by atoms with Crippen LogP contribution in [-0.2, 0) is 17.1 Å². The lowest BCUT2D eigenvalue weighted by Crippen LogP contribution is -2.37. The van der Waals surface area contributed by atoms with Crippen molar-refractivity contribution in [3.8, 4) is 11.8 Å². The third kappa shape index (κ3) is 3.96. The lowest BCUT2D eigenvalue weighted by molar-refractivity contribution is -0.275. The van der Waals surface area contributed by atoms with Crippen molar-refractivity contribution in [2.75, 3.05) is 7.11 Å². The van der Waals surface area contributed by atoms with Crippen LogP contribution in [0.25, 0.3) is 0 Å². The molecule has 0 aliphatic rings. The van der Waals surface area contributed by atoms with Gasteiger partial charge in [-0.05, 0) is 12.1 Å². The predicted octanol–water partition coefficient (Wildman–Crippen LogP) is -0.558. The van der Waals surface area contributed by atoms with E-state index in [2.05, 4.69) is 19.0 Å². The number of ether oxygens (including phenoxy) is 2. The van der Waals surface area contributed by atoms with Gasteiger partial charge >= 0.3 is 18.1 Å². The first-order valence-corrected chi connectivity index (χ1v) is 7.97. The Bertz CT molecular complexity index is 1010. The number of sulfonamides is 1. The van der Waals surface area contributed by atoms with Crippen LogP contribution in [0.4, 0.5) is 13.2 Å². The molecule has 0 amide bonds. The van der Waals surface area contributed by atoms with Crippen molar-refractivity contribution in [2.24, 2.45) is 11.4 Å². The number of aromatic nitrogens is 3. The second kappa shape index (κ2) is 6.70. The largest absolute Gasteiger partial charge is 0.844 e. The molecule has 10 nitrogen and oxygen atoms in total. The van der Waals surface area contributed by atoms with E-state index in [0.717, 1.165) is 35.9 Å². The van der Waals surface area contributed by atoms with Crippen molar-refractivity contribution < 1.29 is 36.2 Å². The summed E-state index contributed by atoms with van der Waals surface area (Å²) in [7, 11) is -2.60. The zero-order chi connectivity index (χ0) is 19.7. The van der Waals surface area contributed by atoms with Gasteiger partial charge in [0.25, 0.3) is 10.0 Å². The number of halogens is 3. The van der Waals surface area contributed by atoms with E-state index in [4.69, 9.17) is 0 Å². The maximum atomic E-state index is 12.4. The van der Waals surface area contributed by atoms with Crippen LogP contribution in [0, 0.1) is 0 Å². The molecule has 0 spiro atoms. The summed E-state index contributed by atoms with van der Waals surface area (Å²) in [4.78, 5) is 10.8. The number of nitrogens with zero attached hydrogens (tertiary/aromatic N) is 4. The third-order valence-electron chi connectivity index (χ3n) is 2.86. The summed E-state index contributed by atoms with van der Waals surface area (Å²) in [5.74, 6) is -1.08. The molecule has 0 fully saturated rings. The van der Waals surface area contributed by atoms with Gasteiger partial charge in [-0.3, -0.25) is 0 Å². The fourth-order valence-corrected chi connectivity index (χ4v) is 2.78. The molecule has 0 unspecified atom stereocenters. The Kier molecular flexibility index (Phi) is 4.97. The van der Waals surface area contributed by atoms with Crippen LogP contribution in [0.5, 0.6) is 11.8 Å². The Hall–Kier alpha value is -3.03. The maximum Gasteiger partial charge on any atom is 0.573 e. The molecule has 0 radical (unpaired) electrons. The Morgan fingerprint density at radius 3 is 2.46 bits per heavy atom. The van der Waals surface area contributed by atoms with E-state index in [1.165, 1.54) is 7.05 Å². The van der Waals surface area contributed by atoms with Crippen LogP contribution in [0.2, 0.25) is 0 Å². The van der Waals surface area contributed by atoms with Gasteiger partial charge in [-0.2, -0.15) is 17.5 Å². The second-order valence-corrected chi connectivity index (χ2v) is 6.16. The average Bonchev–Trinajstić information content (AvgIpc) is 2.81. The van der Waals surface area contributed by atoms with Crippen molar-refractivity contribution in [1.82, 2.24) is 14.3 Å². The molecule has 1 aromatic carbocycles. The summed E-state index contributed by atoms with van der Waals surface area (Å²) in [6, 6.07) is 1.74. The summed E-state index contributed by atoms with van der Waals surface area (Å²) in [5, 5.41) is 15.4. The minimum atomic E-state index is -5.17. The van der Waals surface area contributed by atoms with Crippen molar-refractivity contribution in [3.63, 3.8) is 0 Å². The van der Waals surface area contributed by atoms with Crippen LogP contribution >= 0.6 is 0 Å². The van der Waals surface area contributed by atoms with Crippen LogP contribution in [-0.4, -0.2) is 42.3 Å². The summed E-state index contributed by atoms with van der Waals surface area (Å²) in [5.41, 5.74) is -1.06. The minimum Gasteiger partial charge on any atom is -0.844 e. The van der Waals surface area contributed by atoms with Crippen LogP contribution < -0.4 is 20.3 Å². The summed E-state index contributed by atoms with van der Waals surface area (Å²) in [6.45, 7) is 0. The highest BCUT2D eigenvalue weighted by atomic mass is 32.2. The SMILES string of the molecule is COc1nn(/C([O-])=N\S(=O)(=O)c2ccccc2OC(F)(F)F)c(=O)n1C. The number of hydrogen-bond donors (Lipinski definition) is 0. The molecule has 2 rings (SSSR count). The molecular weight excluding hydrogens is 385 g/mol. The number of para-hydroxylation sites is 1. The quantitative estimate of drug-likeness (QED) is 0.501. The number of methoxy groups -OCH3 is 1. The Labute approximate surface area is 143 Å². The number of benzene rings is 1. The van der Waals surface area contributed by atoms with Crippen LogP contribution in [0.15, 0.2) is 38.4 Å². The molecule has 142 valence electrons. The van der Waals surface area contributed by atoms with Crippen molar-refractivity contribution in [1.29, 1.82) is 0 Å². The summed E-state index contributed by atoms with van der Waals surface area (Å²) in [6.07, 6.45) is -5.17. The van der Waals surface area contributed by atoms with Crippen LogP contribution in [0.3, 0.4) is 0 Å². The van der Waals surface area contributed by atoms with Crippen molar-refractivity contribution in [2.45, 2.75) is 11.3 Å². The maximum absolute atomic E-state index is 12.4. The monoisotopic (exact) mass is 395 g/mol.